The molecule has 25 heavy (non-hydrogen) atoms. The summed E-state index contributed by atoms with van der Waals surface area (Å²) < 4.78 is 28.3. The van der Waals surface area contributed by atoms with Gasteiger partial charge in [-0.1, -0.05) is 0 Å². The molecule has 0 aliphatic rings. The van der Waals surface area contributed by atoms with E-state index in [4.69, 9.17) is 9.84 Å². The van der Waals surface area contributed by atoms with Crippen molar-refractivity contribution in [2.75, 3.05) is 31.4 Å². The molecule has 0 aliphatic carbocycles. The van der Waals surface area contributed by atoms with Crippen LogP contribution in [0.25, 0.3) is 0 Å². The molecule has 1 N–H and O–H groups in total. The molecule has 134 valence electrons. The van der Waals surface area contributed by atoms with E-state index in [1.807, 2.05) is 11.9 Å². The number of anilines is 1. The van der Waals surface area contributed by atoms with Crippen molar-refractivity contribution in [3.8, 4) is 5.75 Å². The zero-order chi connectivity index (χ0) is 18.4. The number of carboxylic acid groups (broad SMARTS) is 1. The lowest BCUT2D eigenvalue weighted by atomic mass is 10.3. The van der Waals surface area contributed by atoms with Crippen LogP contribution in [-0.4, -0.2) is 55.9 Å². The van der Waals surface area contributed by atoms with Gasteiger partial charge in [0.25, 0.3) is 0 Å². The summed E-state index contributed by atoms with van der Waals surface area (Å²) in [5.41, 5.74) is -0.0991. The highest BCUT2D eigenvalue weighted by Gasteiger charge is 2.08. The molecule has 0 saturated heterocycles. The number of aromatic carboxylic acids is 1. The number of hydrogen-bond donors (Lipinski definition) is 1. The smallest absolute Gasteiger partial charge is 0.356 e. The van der Waals surface area contributed by atoms with Gasteiger partial charge in [0.15, 0.2) is 15.5 Å². The predicted octanol–water partition coefficient (Wildman–Crippen LogP) is 1.48. The Morgan fingerprint density at radius 1 is 1.20 bits per heavy atom. The molecule has 1 heterocycles. The van der Waals surface area contributed by atoms with Gasteiger partial charge in [0, 0.05) is 19.8 Å². The Labute approximate surface area is 146 Å². The van der Waals surface area contributed by atoms with Crippen LogP contribution in [0.3, 0.4) is 0 Å². The van der Waals surface area contributed by atoms with Gasteiger partial charge < -0.3 is 14.7 Å². The molecule has 0 bridgehead atoms. The van der Waals surface area contributed by atoms with Crippen LogP contribution >= 0.6 is 0 Å². The first-order chi connectivity index (χ1) is 11.8. The minimum atomic E-state index is -3.21. The molecule has 9 heteroatoms. The first-order valence-corrected chi connectivity index (χ1v) is 9.36. The standard InChI is InChI=1S/C16H19N3O5S/c1-19(15-11-17-14(10-18-15)16(20)21)8-3-9-24-12-4-6-13(7-5-12)25(2,22)23/h4-7,10-11H,3,8-9H2,1-2H3,(H,20,21). The van der Waals surface area contributed by atoms with Crippen molar-refractivity contribution in [2.45, 2.75) is 11.3 Å². The van der Waals surface area contributed by atoms with Crippen molar-refractivity contribution in [3.05, 3.63) is 42.4 Å². The number of rotatable bonds is 8. The molecule has 0 fully saturated rings. The van der Waals surface area contributed by atoms with Crippen molar-refractivity contribution in [3.63, 3.8) is 0 Å². The van der Waals surface area contributed by atoms with Crippen molar-refractivity contribution in [2.24, 2.45) is 0 Å². The fraction of sp³-hybridized carbons (Fsp3) is 0.312. The van der Waals surface area contributed by atoms with Crippen LogP contribution in [0.15, 0.2) is 41.6 Å². The summed E-state index contributed by atoms with van der Waals surface area (Å²) in [7, 11) is -1.38. The third-order valence-corrected chi connectivity index (χ3v) is 4.54. The van der Waals surface area contributed by atoms with Gasteiger partial charge in [0.1, 0.15) is 11.6 Å². The fourth-order valence-corrected chi connectivity index (χ4v) is 2.65. The lowest BCUT2D eigenvalue weighted by Crippen LogP contribution is -2.22. The van der Waals surface area contributed by atoms with E-state index in [-0.39, 0.29) is 10.6 Å². The number of carboxylic acids is 1. The molecule has 0 amide bonds. The van der Waals surface area contributed by atoms with Gasteiger partial charge in [-0.2, -0.15) is 0 Å². The number of carbonyl (C=O) groups is 1. The topological polar surface area (TPSA) is 110 Å². The van der Waals surface area contributed by atoms with Crippen molar-refractivity contribution < 1.29 is 23.1 Å². The van der Waals surface area contributed by atoms with Gasteiger partial charge in [0.05, 0.1) is 23.9 Å². The van der Waals surface area contributed by atoms with Gasteiger partial charge in [-0.05, 0) is 30.7 Å². The Hall–Kier alpha value is -2.68. The largest absolute Gasteiger partial charge is 0.494 e. The summed E-state index contributed by atoms with van der Waals surface area (Å²) in [6.45, 7) is 1.09. The molecular weight excluding hydrogens is 346 g/mol. The molecule has 2 rings (SSSR count). The Morgan fingerprint density at radius 2 is 1.88 bits per heavy atom. The second-order valence-corrected chi connectivity index (χ2v) is 7.45. The van der Waals surface area contributed by atoms with E-state index in [2.05, 4.69) is 9.97 Å². The third kappa shape index (κ3) is 5.42. The van der Waals surface area contributed by atoms with E-state index in [9.17, 15) is 13.2 Å². The fourth-order valence-electron chi connectivity index (χ4n) is 2.02. The molecule has 1 aromatic carbocycles. The van der Waals surface area contributed by atoms with E-state index in [1.165, 1.54) is 24.5 Å². The van der Waals surface area contributed by atoms with Gasteiger partial charge in [-0.15, -0.1) is 0 Å². The second-order valence-electron chi connectivity index (χ2n) is 5.43. The summed E-state index contributed by atoms with van der Waals surface area (Å²) in [4.78, 5) is 20.7. The third-order valence-electron chi connectivity index (χ3n) is 3.41. The summed E-state index contributed by atoms with van der Waals surface area (Å²) >= 11 is 0. The number of nitrogens with zero attached hydrogens (tertiary/aromatic N) is 3. The minimum absolute atomic E-state index is 0.0991. The molecular formula is C16H19N3O5S. The van der Waals surface area contributed by atoms with Crippen molar-refractivity contribution >= 4 is 21.6 Å². The van der Waals surface area contributed by atoms with Gasteiger partial charge >= 0.3 is 5.97 Å². The van der Waals surface area contributed by atoms with E-state index in [0.717, 1.165) is 6.26 Å². The molecule has 0 radical (unpaired) electrons. The normalized spacial score (nSPS) is 11.1. The van der Waals surface area contributed by atoms with Crippen LogP contribution in [-0.2, 0) is 9.84 Å². The van der Waals surface area contributed by atoms with E-state index in [1.54, 1.807) is 12.1 Å². The van der Waals surface area contributed by atoms with Crippen LogP contribution < -0.4 is 9.64 Å². The molecule has 8 nitrogen and oxygen atoms in total. The summed E-state index contributed by atoms with van der Waals surface area (Å²) in [6, 6.07) is 6.26. The maximum atomic E-state index is 11.4. The monoisotopic (exact) mass is 365 g/mol. The van der Waals surface area contributed by atoms with Crippen LogP contribution in [0.2, 0.25) is 0 Å². The highest BCUT2D eigenvalue weighted by Crippen LogP contribution is 2.16. The summed E-state index contributed by atoms with van der Waals surface area (Å²) in [6.07, 6.45) is 4.49. The van der Waals surface area contributed by atoms with E-state index < -0.39 is 15.8 Å². The predicted molar refractivity (Wildman–Crippen MR) is 91.9 cm³/mol. The van der Waals surface area contributed by atoms with Gasteiger partial charge in [-0.25, -0.2) is 23.2 Å². The summed E-state index contributed by atoms with van der Waals surface area (Å²) in [5, 5.41) is 8.79. The second kappa shape index (κ2) is 7.93. The van der Waals surface area contributed by atoms with Crippen molar-refractivity contribution in [1.29, 1.82) is 0 Å². The Morgan fingerprint density at radius 3 is 2.40 bits per heavy atom. The van der Waals surface area contributed by atoms with Gasteiger partial charge in [-0.3, -0.25) is 0 Å². The van der Waals surface area contributed by atoms with Crippen molar-refractivity contribution in [1.82, 2.24) is 9.97 Å². The average molecular weight is 365 g/mol. The lowest BCUT2D eigenvalue weighted by Gasteiger charge is -2.17. The zero-order valence-electron chi connectivity index (χ0n) is 13.9. The average Bonchev–Trinajstić information content (AvgIpc) is 2.58. The molecule has 2 aromatic rings. The lowest BCUT2D eigenvalue weighted by molar-refractivity contribution is 0.0690. The number of hydrogen-bond acceptors (Lipinski definition) is 7. The highest BCUT2D eigenvalue weighted by atomic mass is 32.2. The van der Waals surface area contributed by atoms with Crippen LogP contribution in [0.4, 0.5) is 5.82 Å². The zero-order valence-corrected chi connectivity index (χ0v) is 14.7. The minimum Gasteiger partial charge on any atom is -0.494 e. The first-order valence-electron chi connectivity index (χ1n) is 7.47. The Bertz CT molecular complexity index is 820. The quantitative estimate of drug-likeness (QED) is 0.701. The van der Waals surface area contributed by atoms with Crippen LogP contribution in [0.5, 0.6) is 5.75 Å². The van der Waals surface area contributed by atoms with E-state index in [0.29, 0.717) is 31.1 Å². The number of aromatic nitrogens is 2. The molecule has 0 atom stereocenters. The molecule has 1 aromatic heterocycles. The molecule has 0 spiro atoms. The maximum absolute atomic E-state index is 11.4. The SMILES string of the molecule is CN(CCCOc1ccc(S(C)(=O)=O)cc1)c1cnc(C(=O)O)cn1. The number of ether oxygens (including phenoxy) is 1. The Balaban J connectivity index is 1.79. The Kier molecular flexibility index (Phi) is 5.92. The van der Waals surface area contributed by atoms with Gasteiger partial charge in [0.2, 0.25) is 0 Å². The number of benzene rings is 1. The summed E-state index contributed by atoms with van der Waals surface area (Å²) in [5.74, 6) is 0.0557. The van der Waals surface area contributed by atoms with Crippen LogP contribution in [0, 0.1) is 0 Å². The van der Waals surface area contributed by atoms with Crippen LogP contribution in [0.1, 0.15) is 16.9 Å². The van der Waals surface area contributed by atoms with E-state index >= 15 is 0 Å². The highest BCUT2D eigenvalue weighted by molar-refractivity contribution is 7.90. The first kappa shape index (κ1) is 18.7. The maximum Gasteiger partial charge on any atom is 0.356 e. The molecule has 0 unspecified atom stereocenters. The molecule has 0 aliphatic heterocycles. The molecule has 0 saturated carbocycles. The number of sulfone groups is 1.